The van der Waals surface area contributed by atoms with Crippen LogP contribution in [0.4, 0.5) is 14.5 Å². The molecule has 0 saturated heterocycles. The summed E-state index contributed by atoms with van der Waals surface area (Å²) in [6.07, 6.45) is -0.0453. The number of rotatable bonds is 6. The van der Waals surface area contributed by atoms with Crippen molar-refractivity contribution in [3.8, 4) is 0 Å². The molecule has 2 atom stereocenters. The van der Waals surface area contributed by atoms with Crippen molar-refractivity contribution in [1.29, 1.82) is 0 Å². The van der Waals surface area contributed by atoms with Gasteiger partial charge in [0.05, 0.1) is 6.26 Å². The number of furan rings is 1. The molecule has 0 spiro atoms. The fourth-order valence-corrected chi connectivity index (χ4v) is 1.91. The second-order valence-corrected chi connectivity index (χ2v) is 5.34. The van der Waals surface area contributed by atoms with E-state index in [9.17, 15) is 23.2 Å². The van der Waals surface area contributed by atoms with Crippen LogP contribution in [0, 0.1) is 11.6 Å². The summed E-state index contributed by atoms with van der Waals surface area (Å²) in [7, 11) is 0. The Morgan fingerprint density at radius 3 is 2.31 bits per heavy atom. The van der Waals surface area contributed by atoms with Crippen LogP contribution in [0.1, 0.15) is 24.4 Å². The highest BCUT2D eigenvalue weighted by atomic mass is 19.1. The Morgan fingerprint density at radius 1 is 1.08 bits per heavy atom. The maximum atomic E-state index is 13.5. The largest absolute Gasteiger partial charge is 0.459 e. The van der Waals surface area contributed by atoms with Gasteiger partial charge in [-0.15, -0.1) is 0 Å². The molecule has 0 aliphatic carbocycles. The van der Waals surface area contributed by atoms with Gasteiger partial charge >= 0.3 is 5.97 Å². The maximum Gasteiger partial charge on any atom is 0.329 e. The number of halogens is 2. The van der Waals surface area contributed by atoms with Gasteiger partial charge in [-0.3, -0.25) is 9.59 Å². The lowest BCUT2D eigenvalue weighted by molar-refractivity contribution is -0.154. The summed E-state index contributed by atoms with van der Waals surface area (Å²) < 4.78 is 36.8. The molecule has 1 aromatic carbocycles. The first-order chi connectivity index (χ1) is 12.3. The van der Waals surface area contributed by atoms with Gasteiger partial charge in [-0.2, -0.15) is 0 Å². The maximum absolute atomic E-state index is 13.5. The van der Waals surface area contributed by atoms with Crippen LogP contribution in [-0.2, 0) is 14.3 Å². The van der Waals surface area contributed by atoms with Crippen molar-refractivity contribution in [2.24, 2.45) is 0 Å². The van der Waals surface area contributed by atoms with Gasteiger partial charge in [-0.1, -0.05) is 6.07 Å². The first kappa shape index (κ1) is 19.1. The summed E-state index contributed by atoms with van der Waals surface area (Å²) >= 11 is 0. The molecule has 0 bridgehead atoms. The number of carbonyl (C=O) groups excluding carboxylic acids is 3. The number of para-hydroxylation sites is 1. The fourth-order valence-electron chi connectivity index (χ4n) is 1.91. The number of ether oxygens (including phenoxy) is 1. The standard InChI is InChI=1S/C17H16F2N2O5/c1-9(20-16(23)13-7-4-8-25-13)17(24)26-10(2)15(22)21-14-11(18)5-3-6-12(14)19/h3-10H,1-2H3,(H,20,23)(H,21,22)/t9-,10?/m0/s1. The minimum atomic E-state index is -1.34. The summed E-state index contributed by atoms with van der Waals surface area (Å²) in [5.41, 5.74) is -0.639. The van der Waals surface area contributed by atoms with E-state index in [1.165, 1.54) is 32.2 Å². The molecule has 0 radical (unpaired) electrons. The van der Waals surface area contributed by atoms with Gasteiger partial charge < -0.3 is 19.8 Å². The zero-order valence-corrected chi connectivity index (χ0v) is 13.9. The first-order valence-electron chi connectivity index (χ1n) is 7.59. The second-order valence-electron chi connectivity index (χ2n) is 5.34. The lowest BCUT2D eigenvalue weighted by Crippen LogP contribution is -2.42. The van der Waals surface area contributed by atoms with E-state index in [4.69, 9.17) is 9.15 Å². The molecule has 0 aliphatic rings. The van der Waals surface area contributed by atoms with Crippen LogP contribution in [0.25, 0.3) is 0 Å². The van der Waals surface area contributed by atoms with Crippen LogP contribution in [-0.4, -0.2) is 29.9 Å². The van der Waals surface area contributed by atoms with Crippen LogP contribution >= 0.6 is 0 Å². The Bertz CT molecular complexity index is 787. The summed E-state index contributed by atoms with van der Waals surface area (Å²) in [4.78, 5) is 35.7. The minimum absolute atomic E-state index is 0.00506. The normalized spacial score (nSPS) is 12.8. The van der Waals surface area contributed by atoms with Crippen LogP contribution in [0.2, 0.25) is 0 Å². The number of esters is 1. The Morgan fingerprint density at radius 2 is 1.73 bits per heavy atom. The molecule has 0 saturated carbocycles. The molecule has 9 heteroatoms. The summed E-state index contributed by atoms with van der Waals surface area (Å²) in [6, 6.07) is 4.93. The SMILES string of the molecule is CC(OC(=O)[C@H](C)NC(=O)c1ccco1)C(=O)Nc1c(F)cccc1F. The van der Waals surface area contributed by atoms with E-state index in [-0.39, 0.29) is 5.76 Å². The molecule has 2 aromatic rings. The van der Waals surface area contributed by atoms with Crippen molar-refractivity contribution < 1.29 is 32.3 Å². The number of hydrogen-bond acceptors (Lipinski definition) is 5. The number of carbonyl (C=O) groups is 3. The average molecular weight is 366 g/mol. The van der Waals surface area contributed by atoms with E-state index < -0.39 is 47.3 Å². The molecule has 2 N–H and O–H groups in total. The van der Waals surface area contributed by atoms with Crippen LogP contribution in [0.3, 0.4) is 0 Å². The Kier molecular flexibility index (Phi) is 6.05. The van der Waals surface area contributed by atoms with Crippen molar-refractivity contribution in [3.63, 3.8) is 0 Å². The third kappa shape index (κ3) is 4.65. The number of benzene rings is 1. The first-order valence-corrected chi connectivity index (χ1v) is 7.59. The topological polar surface area (TPSA) is 97.6 Å². The molecule has 1 unspecified atom stereocenters. The Labute approximate surface area is 147 Å². The molecule has 26 heavy (non-hydrogen) atoms. The van der Waals surface area contributed by atoms with Gasteiger partial charge in [0.15, 0.2) is 11.9 Å². The summed E-state index contributed by atoms with van der Waals surface area (Å²) in [5, 5.41) is 4.35. The van der Waals surface area contributed by atoms with Gasteiger partial charge in [-0.25, -0.2) is 13.6 Å². The smallest absolute Gasteiger partial charge is 0.329 e. The third-order valence-electron chi connectivity index (χ3n) is 3.32. The lowest BCUT2D eigenvalue weighted by atomic mass is 10.2. The predicted octanol–water partition coefficient (Wildman–Crippen LogP) is 2.25. The second kappa shape index (κ2) is 8.24. The predicted molar refractivity (Wildman–Crippen MR) is 86.2 cm³/mol. The quantitative estimate of drug-likeness (QED) is 0.764. The third-order valence-corrected chi connectivity index (χ3v) is 3.32. The van der Waals surface area contributed by atoms with E-state index in [0.717, 1.165) is 18.2 Å². The number of hydrogen-bond donors (Lipinski definition) is 2. The van der Waals surface area contributed by atoms with Crippen molar-refractivity contribution in [3.05, 3.63) is 54.0 Å². The van der Waals surface area contributed by atoms with E-state index in [2.05, 4.69) is 5.32 Å². The zero-order valence-electron chi connectivity index (χ0n) is 13.9. The molecule has 0 aliphatic heterocycles. The van der Waals surface area contributed by atoms with E-state index in [1.807, 2.05) is 5.32 Å². The Balaban J connectivity index is 1.91. The van der Waals surface area contributed by atoms with Crippen LogP contribution < -0.4 is 10.6 Å². The highest BCUT2D eigenvalue weighted by Gasteiger charge is 2.25. The lowest BCUT2D eigenvalue weighted by Gasteiger charge is -2.17. The molecule has 2 rings (SSSR count). The molecule has 0 fully saturated rings. The van der Waals surface area contributed by atoms with Crippen molar-refractivity contribution in [2.75, 3.05) is 5.32 Å². The molecular formula is C17H16F2N2O5. The van der Waals surface area contributed by atoms with Gasteiger partial charge in [0.1, 0.15) is 23.4 Å². The molecule has 7 nitrogen and oxygen atoms in total. The van der Waals surface area contributed by atoms with Crippen molar-refractivity contribution in [2.45, 2.75) is 26.0 Å². The van der Waals surface area contributed by atoms with E-state index in [1.54, 1.807) is 0 Å². The highest BCUT2D eigenvalue weighted by Crippen LogP contribution is 2.18. The van der Waals surface area contributed by atoms with Crippen LogP contribution in [0.5, 0.6) is 0 Å². The van der Waals surface area contributed by atoms with Crippen molar-refractivity contribution >= 4 is 23.5 Å². The molecule has 1 heterocycles. The minimum Gasteiger partial charge on any atom is -0.459 e. The summed E-state index contributed by atoms with van der Waals surface area (Å²) in [6.45, 7) is 2.58. The monoisotopic (exact) mass is 366 g/mol. The number of amides is 2. The van der Waals surface area contributed by atoms with Gasteiger partial charge in [0.2, 0.25) is 0 Å². The number of nitrogens with one attached hydrogen (secondary N) is 2. The van der Waals surface area contributed by atoms with E-state index in [0.29, 0.717) is 0 Å². The zero-order chi connectivity index (χ0) is 19.3. The average Bonchev–Trinajstić information content (AvgIpc) is 3.12. The van der Waals surface area contributed by atoms with Crippen LogP contribution in [0.15, 0.2) is 41.0 Å². The molecule has 2 amide bonds. The van der Waals surface area contributed by atoms with Gasteiger partial charge in [0, 0.05) is 0 Å². The molecular weight excluding hydrogens is 350 g/mol. The van der Waals surface area contributed by atoms with Gasteiger partial charge in [-0.05, 0) is 38.1 Å². The summed E-state index contributed by atoms with van der Waals surface area (Å²) in [5.74, 6) is -4.38. The Hall–Kier alpha value is -3.23. The van der Waals surface area contributed by atoms with E-state index >= 15 is 0 Å². The van der Waals surface area contributed by atoms with Gasteiger partial charge in [0.25, 0.3) is 11.8 Å². The highest BCUT2D eigenvalue weighted by molar-refractivity contribution is 5.97. The molecule has 138 valence electrons. The number of anilines is 1. The molecule has 1 aromatic heterocycles. The fraction of sp³-hybridized carbons (Fsp3) is 0.235. The van der Waals surface area contributed by atoms with Crippen molar-refractivity contribution in [1.82, 2.24) is 5.32 Å².